The number of rotatable bonds is 7. The second kappa shape index (κ2) is 10.7. The Morgan fingerprint density at radius 3 is 2.62 bits per heavy atom. The number of halogens is 1. The van der Waals surface area contributed by atoms with Gasteiger partial charge in [-0.15, -0.1) is 11.8 Å². The van der Waals surface area contributed by atoms with Crippen LogP contribution in [0.5, 0.6) is 0 Å². The van der Waals surface area contributed by atoms with Crippen molar-refractivity contribution in [2.24, 2.45) is 0 Å². The van der Waals surface area contributed by atoms with E-state index in [1.54, 1.807) is 0 Å². The molecule has 4 rings (SSSR count). The number of nitrogens with one attached hydrogen (secondary N) is 1. The summed E-state index contributed by atoms with van der Waals surface area (Å²) in [5.41, 5.74) is 2.87. The molecule has 1 saturated heterocycles. The molecule has 172 valence electrons. The fourth-order valence-corrected chi connectivity index (χ4v) is 5.90. The van der Waals surface area contributed by atoms with Crippen molar-refractivity contribution in [2.45, 2.75) is 63.1 Å². The van der Waals surface area contributed by atoms with E-state index in [-0.39, 0.29) is 11.7 Å². The van der Waals surface area contributed by atoms with Crippen LogP contribution in [-0.4, -0.2) is 48.3 Å². The Balaban J connectivity index is 1.34. The van der Waals surface area contributed by atoms with Crippen LogP contribution in [0.1, 0.15) is 55.5 Å². The van der Waals surface area contributed by atoms with E-state index >= 15 is 0 Å². The molecule has 1 fully saturated rings. The van der Waals surface area contributed by atoms with Crippen LogP contribution >= 0.6 is 11.8 Å². The van der Waals surface area contributed by atoms with Crippen molar-refractivity contribution in [1.82, 2.24) is 10.2 Å². The Morgan fingerprint density at radius 1 is 1.12 bits per heavy atom. The Kier molecular flexibility index (Phi) is 7.74. The fraction of sp³-hybridized carbons (Fsp3) is 0.500. The van der Waals surface area contributed by atoms with Gasteiger partial charge in [0.15, 0.2) is 0 Å². The molecule has 0 bridgehead atoms. The number of benzene rings is 2. The molecule has 2 aromatic carbocycles. The summed E-state index contributed by atoms with van der Waals surface area (Å²) in [6, 6.07) is 13.9. The molecule has 2 atom stereocenters. The molecule has 2 aliphatic heterocycles. The molecular formula is C26H34FN3OS. The maximum Gasteiger partial charge on any atom is 0.251 e. The zero-order valence-corrected chi connectivity index (χ0v) is 20.0. The van der Waals surface area contributed by atoms with Gasteiger partial charge in [-0.25, -0.2) is 4.39 Å². The minimum Gasteiger partial charge on any atom is -0.365 e. The number of carbonyl (C=O) groups is 1. The van der Waals surface area contributed by atoms with E-state index in [4.69, 9.17) is 0 Å². The second-order valence-corrected chi connectivity index (χ2v) is 10.2. The summed E-state index contributed by atoms with van der Waals surface area (Å²) in [5.74, 6) is 0.781. The third-order valence-corrected chi connectivity index (χ3v) is 7.76. The molecule has 0 aromatic heterocycles. The average molecular weight is 456 g/mol. The minimum atomic E-state index is -0.216. The van der Waals surface area contributed by atoms with Gasteiger partial charge in [-0.3, -0.25) is 9.69 Å². The number of nitrogens with zero attached hydrogens (tertiary/aromatic N) is 2. The van der Waals surface area contributed by atoms with Crippen molar-refractivity contribution in [2.75, 3.05) is 30.3 Å². The first-order chi connectivity index (χ1) is 15.5. The van der Waals surface area contributed by atoms with Crippen molar-refractivity contribution in [1.29, 1.82) is 0 Å². The molecule has 0 saturated carbocycles. The van der Waals surface area contributed by atoms with Gasteiger partial charge in [0.2, 0.25) is 0 Å². The van der Waals surface area contributed by atoms with Gasteiger partial charge in [-0.2, -0.15) is 0 Å². The van der Waals surface area contributed by atoms with Crippen molar-refractivity contribution in [3.05, 3.63) is 59.4 Å². The van der Waals surface area contributed by atoms with E-state index in [9.17, 15) is 9.18 Å². The molecule has 2 aromatic rings. The predicted octanol–water partition coefficient (Wildman–Crippen LogP) is 5.32. The lowest BCUT2D eigenvalue weighted by Crippen LogP contribution is -2.44. The monoisotopic (exact) mass is 455 g/mol. The van der Waals surface area contributed by atoms with Gasteiger partial charge in [0.1, 0.15) is 5.82 Å². The SMILES string of the molecule is CC1CCCC(C)N1CCCNC(=O)c1ccc2c(c1)N(Cc1ccc(F)cc1)CCS2. The molecule has 2 aliphatic rings. The van der Waals surface area contributed by atoms with Crippen molar-refractivity contribution in [3.63, 3.8) is 0 Å². The number of amides is 1. The van der Waals surface area contributed by atoms with Gasteiger partial charge in [-0.1, -0.05) is 18.6 Å². The van der Waals surface area contributed by atoms with Gasteiger partial charge in [-0.05, 0) is 69.0 Å². The lowest BCUT2D eigenvalue weighted by Gasteiger charge is -2.39. The van der Waals surface area contributed by atoms with Gasteiger partial charge in [0.05, 0.1) is 5.69 Å². The highest BCUT2D eigenvalue weighted by molar-refractivity contribution is 7.99. The Morgan fingerprint density at radius 2 is 1.88 bits per heavy atom. The van der Waals surface area contributed by atoms with Crippen LogP contribution in [0, 0.1) is 5.82 Å². The van der Waals surface area contributed by atoms with Crippen LogP contribution in [0.3, 0.4) is 0 Å². The summed E-state index contributed by atoms with van der Waals surface area (Å²) < 4.78 is 13.3. The molecule has 4 nitrogen and oxygen atoms in total. The highest BCUT2D eigenvalue weighted by atomic mass is 32.2. The second-order valence-electron chi connectivity index (χ2n) is 9.06. The molecule has 32 heavy (non-hydrogen) atoms. The lowest BCUT2D eigenvalue weighted by molar-refractivity contribution is 0.0925. The topological polar surface area (TPSA) is 35.6 Å². The first kappa shape index (κ1) is 23.1. The summed E-state index contributed by atoms with van der Waals surface area (Å²) in [6.45, 7) is 7.99. The number of hydrogen-bond acceptors (Lipinski definition) is 4. The van der Waals surface area contributed by atoms with E-state index in [0.29, 0.717) is 30.7 Å². The highest BCUT2D eigenvalue weighted by Crippen LogP contribution is 2.36. The van der Waals surface area contributed by atoms with Crippen molar-refractivity contribution >= 4 is 23.4 Å². The highest BCUT2D eigenvalue weighted by Gasteiger charge is 2.24. The first-order valence-electron chi connectivity index (χ1n) is 11.8. The van der Waals surface area contributed by atoms with E-state index in [1.807, 2.05) is 36.0 Å². The molecular weight excluding hydrogens is 421 g/mol. The largest absolute Gasteiger partial charge is 0.365 e. The number of thioether (sulfide) groups is 1. The third-order valence-electron chi connectivity index (χ3n) is 6.72. The van der Waals surface area contributed by atoms with Crippen LogP contribution in [-0.2, 0) is 6.54 Å². The van der Waals surface area contributed by atoms with Crippen LogP contribution in [0.15, 0.2) is 47.4 Å². The molecule has 2 heterocycles. The summed E-state index contributed by atoms with van der Waals surface area (Å²) in [5, 5.41) is 3.11. The van der Waals surface area contributed by atoms with Crippen LogP contribution in [0.2, 0.25) is 0 Å². The summed E-state index contributed by atoms with van der Waals surface area (Å²) in [4.78, 5) is 18.9. The van der Waals surface area contributed by atoms with Gasteiger partial charge < -0.3 is 10.2 Å². The summed E-state index contributed by atoms with van der Waals surface area (Å²) >= 11 is 1.82. The Labute approximate surface area is 195 Å². The third kappa shape index (κ3) is 5.65. The zero-order chi connectivity index (χ0) is 22.5. The molecule has 1 amide bonds. The summed E-state index contributed by atoms with van der Waals surface area (Å²) in [6.07, 6.45) is 4.85. The van der Waals surface area contributed by atoms with Crippen molar-refractivity contribution < 1.29 is 9.18 Å². The number of hydrogen-bond donors (Lipinski definition) is 1. The van der Waals surface area contributed by atoms with E-state index in [0.717, 1.165) is 36.5 Å². The maximum absolute atomic E-state index is 13.3. The normalized spacial score (nSPS) is 21.3. The number of carbonyl (C=O) groups excluding carboxylic acids is 1. The van der Waals surface area contributed by atoms with Crippen LogP contribution in [0.4, 0.5) is 10.1 Å². The molecule has 2 unspecified atom stereocenters. The standard InChI is InChI=1S/C26H34FN3OS/c1-19-5-3-6-20(2)30(19)14-4-13-28-26(31)22-9-12-25-24(17-22)29(15-16-32-25)18-21-7-10-23(27)11-8-21/h7-12,17,19-20H,3-6,13-16,18H2,1-2H3,(H,28,31). The Bertz CT molecular complexity index is 910. The van der Waals surface area contributed by atoms with Gasteiger partial charge in [0.25, 0.3) is 5.91 Å². The smallest absolute Gasteiger partial charge is 0.251 e. The van der Waals surface area contributed by atoms with E-state index in [2.05, 4.69) is 35.0 Å². The molecule has 0 spiro atoms. The van der Waals surface area contributed by atoms with Crippen LogP contribution in [0.25, 0.3) is 0 Å². The number of fused-ring (bicyclic) bond motifs is 1. The quantitative estimate of drug-likeness (QED) is 0.573. The lowest BCUT2D eigenvalue weighted by atomic mass is 9.97. The van der Waals surface area contributed by atoms with E-state index in [1.165, 1.54) is 36.3 Å². The number of likely N-dealkylation sites (tertiary alicyclic amines) is 1. The Hall–Kier alpha value is -2.05. The molecule has 0 aliphatic carbocycles. The molecule has 6 heteroatoms. The molecule has 0 radical (unpaired) electrons. The van der Waals surface area contributed by atoms with Gasteiger partial charge >= 0.3 is 0 Å². The molecule has 1 N–H and O–H groups in total. The van der Waals surface area contributed by atoms with Crippen LogP contribution < -0.4 is 10.2 Å². The zero-order valence-electron chi connectivity index (χ0n) is 19.1. The number of piperidine rings is 1. The van der Waals surface area contributed by atoms with E-state index < -0.39 is 0 Å². The fourth-order valence-electron chi connectivity index (χ4n) is 4.87. The maximum atomic E-state index is 13.3. The van der Waals surface area contributed by atoms with Crippen molar-refractivity contribution in [3.8, 4) is 0 Å². The first-order valence-corrected chi connectivity index (χ1v) is 12.8. The average Bonchev–Trinajstić information content (AvgIpc) is 2.79. The predicted molar refractivity (Wildman–Crippen MR) is 131 cm³/mol. The van der Waals surface area contributed by atoms with Gasteiger partial charge in [0, 0.05) is 54.5 Å². The number of anilines is 1. The minimum absolute atomic E-state index is 0.00940. The summed E-state index contributed by atoms with van der Waals surface area (Å²) in [7, 11) is 0.